The van der Waals surface area contributed by atoms with Crippen molar-refractivity contribution in [2.75, 3.05) is 20.2 Å². The van der Waals surface area contributed by atoms with Crippen LogP contribution in [0.2, 0.25) is 0 Å². The molecule has 0 radical (unpaired) electrons. The summed E-state index contributed by atoms with van der Waals surface area (Å²) in [5.74, 6) is -0.584. The van der Waals surface area contributed by atoms with E-state index in [0.29, 0.717) is 49.2 Å². The molecule has 1 fully saturated rings. The molecule has 7 heteroatoms. The second-order valence-corrected chi connectivity index (χ2v) is 7.26. The second-order valence-electron chi connectivity index (χ2n) is 7.26. The number of hydrogen-bond donors (Lipinski definition) is 1. The summed E-state index contributed by atoms with van der Waals surface area (Å²) in [6, 6.07) is 3.70. The van der Waals surface area contributed by atoms with Gasteiger partial charge >= 0.3 is 11.6 Å². The maximum atomic E-state index is 12.5. The highest BCUT2D eigenvalue weighted by Gasteiger charge is 2.27. The van der Waals surface area contributed by atoms with Crippen LogP contribution in [0.3, 0.4) is 0 Å². The van der Waals surface area contributed by atoms with Crippen molar-refractivity contribution in [3.8, 4) is 5.75 Å². The number of likely N-dealkylation sites (tertiary alicyclic amines) is 1. The van der Waals surface area contributed by atoms with Crippen LogP contribution in [0.5, 0.6) is 5.75 Å². The predicted octanol–water partition coefficient (Wildman–Crippen LogP) is 2.67. The summed E-state index contributed by atoms with van der Waals surface area (Å²) >= 11 is 0. The summed E-state index contributed by atoms with van der Waals surface area (Å²) in [7, 11) is 1.57. The third-order valence-corrected chi connectivity index (χ3v) is 5.66. The Balaban J connectivity index is 1.75. The van der Waals surface area contributed by atoms with Crippen molar-refractivity contribution in [3.63, 3.8) is 0 Å². The first kappa shape index (κ1) is 19.9. The molecule has 2 heterocycles. The number of nitrogens with zero attached hydrogens (tertiary/aromatic N) is 1. The van der Waals surface area contributed by atoms with Gasteiger partial charge in [-0.25, -0.2) is 4.79 Å². The Labute approximate surface area is 162 Å². The van der Waals surface area contributed by atoms with Crippen molar-refractivity contribution in [2.45, 2.75) is 39.5 Å². The summed E-state index contributed by atoms with van der Waals surface area (Å²) < 4.78 is 10.8. The number of carboxylic acids is 1. The standard InChI is InChI=1S/C21H25NO6/c1-12-15-4-6-17(27-3)13(2)19(15)28-21(26)16(12)5-7-18(23)22-10-8-14(9-11-22)20(24)25/h4,6,14H,5,7-11H2,1-3H3,(H,24,25). The Bertz CT molecular complexity index is 969. The number of aryl methyl sites for hydroxylation is 2. The third-order valence-electron chi connectivity index (χ3n) is 5.66. The molecule has 0 saturated carbocycles. The molecule has 7 nitrogen and oxygen atoms in total. The molecule has 0 unspecified atom stereocenters. The number of amides is 1. The van der Waals surface area contributed by atoms with Crippen LogP contribution in [0.1, 0.15) is 36.0 Å². The summed E-state index contributed by atoms with van der Waals surface area (Å²) in [5.41, 5.74) is 2.16. The van der Waals surface area contributed by atoms with Crippen molar-refractivity contribution in [1.82, 2.24) is 4.90 Å². The van der Waals surface area contributed by atoms with E-state index in [2.05, 4.69) is 0 Å². The van der Waals surface area contributed by atoms with Crippen LogP contribution in [-0.4, -0.2) is 42.1 Å². The molecule has 0 spiro atoms. The second kappa shape index (κ2) is 8.04. The number of carbonyl (C=O) groups is 2. The van der Waals surface area contributed by atoms with Crippen LogP contribution in [0.15, 0.2) is 21.3 Å². The van der Waals surface area contributed by atoms with Crippen LogP contribution in [0, 0.1) is 19.8 Å². The molecule has 150 valence electrons. The Morgan fingerprint density at radius 3 is 2.50 bits per heavy atom. The predicted molar refractivity (Wildman–Crippen MR) is 104 cm³/mol. The lowest BCUT2D eigenvalue weighted by atomic mass is 9.96. The van der Waals surface area contributed by atoms with Crippen molar-refractivity contribution in [1.29, 1.82) is 0 Å². The topological polar surface area (TPSA) is 97.0 Å². The maximum Gasteiger partial charge on any atom is 0.339 e. The van der Waals surface area contributed by atoms with Crippen molar-refractivity contribution >= 4 is 22.8 Å². The molecular formula is C21H25NO6. The number of aliphatic carboxylic acids is 1. The lowest BCUT2D eigenvalue weighted by Crippen LogP contribution is -2.40. The molecule has 1 amide bonds. The Kier molecular flexibility index (Phi) is 5.72. The van der Waals surface area contributed by atoms with E-state index >= 15 is 0 Å². The van der Waals surface area contributed by atoms with Gasteiger partial charge in [0.1, 0.15) is 11.3 Å². The first-order valence-electron chi connectivity index (χ1n) is 9.44. The van der Waals surface area contributed by atoms with Gasteiger partial charge in [0.05, 0.1) is 13.0 Å². The van der Waals surface area contributed by atoms with E-state index < -0.39 is 11.6 Å². The minimum absolute atomic E-state index is 0.0614. The fourth-order valence-electron chi connectivity index (χ4n) is 3.85. The normalized spacial score (nSPS) is 15.0. The van der Waals surface area contributed by atoms with E-state index in [4.69, 9.17) is 14.3 Å². The van der Waals surface area contributed by atoms with Crippen molar-refractivity contribution in [3.05, 3.63) is 39.2 Å². The molecule has 0 atom stereocenters. The number of piperidine rings is 1. The van der Waals surface area contributed by atoms with Gasteiger partial charge in [-0.1, -0.05) is 0 Å². The third kappa shape index (κ3) is 3.74. The summed E-state index contributed by atoms with van der Waals surface area (Å²) in [4.78, 5) is 37.7. The molecule has 1 N–H and O–H groups in total. The zero-order valence-electron chi connectivity index (χ0n) is 16.4. The summed E-state index contributed by atoms with van der Waals surface area (Å²) in [6.45, 7) is 4.59. The number of rotatable bonds is 5. The molecule has 3 rings (SSSR count). The van der Waals surface area contributed by atoms with E-state index in [0.717, 1.165) is 16.5 Å². The van der Waals surface area contributed by atoms with E-state index in [1.165, 1.54) is 0 Å². The highest BCUT2D eigenvalue weighted by atomic mass is 16.5. The van der Waals surface area contributed by atoms with E-state index in [9.17, 15) is 14.4 Å². The number of fused-ring (bicyclic) bond motifs is 1. The fourth-order valence-corrected chi connectivity index (χ4v) is 3.85. The smallest absolute Gasteiger partial charge is 0.339 e. The van der Waals surface area contributed by atoms with Crippen molar-refractivity contribution < 1.29 is 23.8 Å². The number of hydrogen-bond acceptors (Lipinski definition) is 5. The SMILES string of the molecule is COc1ccc2c(C)c(CCC(=O)N3CCC(C(=O)O)CC3)c(=O)oc2c1C. The first-order chi connectivity index (χ1) is 13.3. The summed E-state index contributed by atoms with van der Waals surface area (Å²) in [6.07, 6.45) is 1.44. The van der Waals surface area contributed by atoms with Crippen LogP contribution in [-0.2, 0) is 16.0 Å². The van der Waals surface area contributed by atoms with Crippen molar-refractivity contribution in [2.24, 2.45) is 5.92 Å². The number of ether oxygens (including phenoxy) is 1. The van der Waals surface area contributed by atoms with E-state index in [1.54, 1.807) is 12.0 Å². The van der Waals surface area contributed by atoms with Gasteiger partial charge in [-0.3, -0.25) is 9.59 Å². The molecule has 1 aliphatic rings. The Morgan fingerprint density at radius 1 is 1.21 bits per heavy atom. The van der Waals surface area contributed by atoms with Gasteiger partial charge in [-0.05, 0) is 50.8 Å². The lowest BCUT2D eigenvalue weighted by molar-refractivity contribution is -0.145. The monoisotopic (exact) mass is 387 g/mol. The largest absolute Gasteiger partial charge is 0.496 e. The van der Waals surface area contributed by atoms with Gasteiger partial charge in [-0.15, -0.1) is 0 Å². The highest BCUT2D eigenvalue weighted by Crippen LogP contribution is 2.29. The van der Waals surface area contributed by atoms with E-state index in [-0.39, 0.29) is 18.2 Å². The van der Waals surface area contributed by atoms with Gasteiger partial charge in [0.15, 0.2) is 0 Å². The van der Waals surface area contributed by atoms with Gasteiger partial charge in [0.25, 0.3) is 0 Å². The zero-order chi connectivity index (χ0) is 20.4. The van der Waals surface area contributed by atoms with Crippen LogP contribution in [0.4, 0.5) is 0 Å². The average molecular weight is 387 g/mol. The Morgan fingerprint density at radius 2 is 1.89 bits per heavy atom. The molecule has 1 aromatic carbocycles. The van der Waals surface area contributed by atoms with E-state index in [1.807, 2.05) is 26.0 Å². The average Bonchev–Trinajstić information content (AvgIpc) is 2.68. The minimum Gasteiger partial charge on any atom is -0.496 e. The van der Waals surface area contributed by atoms with Crippen LogP contribution >= 0.6 is 0 Å². The Hall–Kier alpha value is -2.83. The molecule has 1 aliphatic heterocycles. The van der Waals surface area contributed by atoms with Gasteiger partial charge < -0.3 is 19.2 Å². The lowest BCUT2D eigenvalue weighted by Gasteiger charge is -2.30. The highest BCUT2D eigenvalue weighted by molar-refractivity contribution is 5.86. The number of carbonyl (C=O) groups excluding carboxylic acids is 1. The quantitative estimate of drug-likeness (QED) is 0.792. The molecular weight excluding hydrogens is 362 g/mol. The maximum absolute atomic E-state index is 12.5. The number of methoxy groups -OCH3 is 1. The van der Waals surface area contributed by atoms with Crippen LogP contribution in [0.25, 0.3) is 11.0 Å². The fraction of sp³-hybridized carbons (Fsp3) is 0.476. The minimum atomic E-state index is -0.802. The molecule has 1 aromatic heterocycles. The first-order valence-corrected chi connectivity index (χ1v) is 9.44. The molecule has 1 saturated heterocycles. The van der Waals surface area contributed by atoms with Gasteiger partial charge in [0.2, 0.25) is 5.91 Å². The molecule has 0 bridgehead atoms. The summed E-state index contributed by atoms with van der Waals surface area (Å²) in [5, 5.41) is 9.89. The number of benzene rings is 1. The molecule has 28 heavy (non-hydrogen) atoms. The zero-order valence-corrected chi connectivity index (χ0v) is 16.4. The van der Waals surface area contributed by atoms with Gasteiger partial charge in [0, 0.05) is 36.0 Å². The van der Waals surface area contributed by atoms with Gasteiger partial charge in [-0.2, -0.15) is 0 Å². The number of carboxylic acid groups (broad SMARTS) is 1. The molecule has 0 aliphatic carbocycles. The molecule has 2 aromatic rings. The van der Waals surface area contributed by atoms with Crippen LogP contribution < -0.4 is 10.4 Å².